The quantitative estimate of drug-likeness (QED) is 0.709. The van der Waals surface area contributed by atoms with Crippen LogP contribution in [0.4, 0.5) is 6.01 Å². The highest BCUT2D eigenvalue weighted by atomic mass is 32.2. The van der Waals surface area contributed by atoms with E-state index in [-0.39, 0.29) is 17.7 Å². The van der Waals surface area contributed by atoms with Gasteiger partial charge in [-0.2, -0.15) is 0 Å². The molecule has 6 heteroatoms. The third-order valence-electron chi connectivity index (χ3n) is 3.36. The average Bonchev–Trinajstić information content (AvgIpc) is 3.03. The Morgan fingerprint density at radius 2 is 1.62 bits per heavy atom. The van der Waals surface area contributed by atoms with Crippen LogP contribution in [0.15, 0.2) is 57.8 Å². The largest absolute Gasteiger partial charge is 0.403 e. The minimum atomic E-state index is -0.181. The number of hydrogen-bond acceptors (Lipinski definition) is 5. The topological polar surface area (TPSA) is 68.0 Å². The molecule has 2 aromatic carbocycles. The molecule has 1 amide bonds. The predicted molar refractivity (Wildman–Crippen MR) is 95.0 cm³/mol. The fourth-order valence-electron chi connectivity index (χ4n) is 2.03. The Bertz CT molecular complexity index is 826. The highest BCUT2D eigenvalue weighted by Gasteiger charge is 2.11. The number of aryl methyl sites for hydroxylation is 2. The predicted octanol–water partition coefficient (Wildman–Crippen LogP) is 4.08. The van der Waals surface area contributed by atoms with Crippen LogP contribution in [0.25, 0.3) is 11.5 Å². The minimum absolute atomic E-state index is 0.111. The number of carbonyl (C=O) groups is 1. The summed E-state index contributed by atoms with van der Waals surface area (Å²) in [5, 5.41) is 10.4. The Labute approximate surface area is 144 Å². The van der Waals surface area contributed by atoms with Crippen molar-refractivity contribution in [2.24, 2.45) is 0 Å². The van der Waals surface area contributed by atoms with Gasteiger partial charge < -0.3 is 4.42 Å². The Balaban J connectivity index is 1.57. The van der Waals surface area contributed by atoms with Crippen molar-refractivity contribution in [1.82, 2.24) is 10.2 Å². The van der Waals surface area contributed by atoms with E-state index in [9.17, 15) is 4.79 Å². The number of rotatable bonds is 5. The molecule has 3 rings (SSSR count). The van der Waals surface area contributed by atoms with E-state index < -0.39 is 0 Å². The van der Waals surface area contributed by atoms with E-state index in [1.165, 1.54) is 17.3 Å². The van der Waals surface area contributed by atoms with Crippen molar-refractivity contribution in [2.75, 3.05) is 11.1 Å². The van der Waals surface area contributed by atoms with E-state index in [0.29, 0.717) is 5.89 Å². The van der Waals surface area contributed by atoms with Crippen molar-refractivity contribution in [3.8, 4) is 11.5 Å². The van der Waals surface area contributed by atoms with Gasteiger partial charge in [0.05, 0.1) is 5.75 Å². The number of hydrogen-bond donors (Lipinski definition) is 1. The van der Waals surface area contributed by atoms with Crippen LogP contribution in [0, 0.1) is 13.8 Å². The fraction of sp³-hybridized carbons (Fsp3) is 0.167. The third-order valence-corrected chi connectivity index (χ3v) is 4.37. The maximum atomic E-state index is 12.0. The van der Waals surface area contributed by atoms with Crippen molar-refractivity contribution < 1.29 is 9.21 Å². The molecular weight excluding hydrogens is 322 g/mol. The van der Waals surface area contributed by atoms with E-state index in [1.807, 2.05) is 62.4 Å². The Hall–Kier alpha value is -2.60. The van der Waals surface area contributed by atoms with Crippen molar-refractivity contribution in [2.45, 2.75) is 18.7 Å². The van der Waals surface area contributed by atoms with Gasteiger partial charge in [0.2, 0.25) is 11.8 Å². The van der Waals surface area contributed by atoms with Gasteiger partial charge in [0, 0.05) is 10.5 Å². The molecule has 5 nitrogen and oxygen atoms in total. The number of nitrogens with one attached hydrogen (secondary N) is 1. The smallest absolute Gasteiger partial charge is 0.322 e. The monoisotopic (exact) mass is 339 g/mol. The Morgan fingerprint density at radius 1 is 1.00 bits per heavy atom. The van der Waals surface area contributed by atoms with Crippen molar-refractivity contribution in [3.63, 3.8) is 0 Å². The molecule has 0 aliphatic heterocycles. The molecule has 0 fully saturated rings. The summed E-state index contributed by atoms with van der Waals surface area (Å²) in [5.41, 5.74) is 3.17. The highest BCUT2D eigenvalue weighted by Crippen LogP contribution is 2.21. The fourth-order valence-corrected chi connectivity index (χ4v) is 2.72. The summed E-state index contributed by atoms with van der Waals surface area (Å²) in [5.74, 6) is 0.488. The number of amides is 1. The second kappa shape index (κ2) is 7.31. The molecule has 0 saturated carbocycles. The van der Waals surface area contributed by atoms with Crippen LogP contribution in [0.3, 0.4) is 0 Å². The lowest BCUT2D eigenvalue weighted by Gasteiger charge is -2.02. The molecule has 0 unspecified atom stereocenters. The van der Waals surface area contributed by atoms with Gasteiger partial charge in [0.25, 0.3) is 0 Å². The Morgan fingerprint density at radius 3 is 2.29 bits per heavy atom. The first kappa shape index (κ1) is 16.3. The van der Waals surface area contributed by atoms with E-state index in [4.69, 9.17) is 4.42 Å². The van der Waals surface area contributed by atoms with Gasteiger partial charge in [-0.15, -0.1) is 16.9 Å². The molecule has 0 bridgehead atoms. The van der Waals surface area contributed by atoms with Crippen LogP contribution in [0.5, 0.6) is 0 Å². The van der Waals surface area contributed by atoms with Crippen LogP contribution in [-0.4, -0.2) is 21.9 Å². The minimum Gasteiger partial charge on any atom is -0.403 e. The summed E-state index contributed by atoms with van der Waals surface area (Å²) in [7, 11) is 0. The lowest BCUT2D eigenvalue weighted by atomic mass is 10.1. The number of anilines is 1. The van der Waals surface area contributed by atoms with Crippen molar-refractivity contribution in [1.29, 1.82) is 0 Å². The molecule has 0 saturated heterocycles. The second-order valence-corrected chi connectivity index (χ2v) is 6.48. The zero-order valence-electron chi connectivity index (χ0n) is 13.4. The third kappa shape index (κ3) is 4.23. The van der Waals surface area contributed by atoms with Gasteiger partial charge in [-0.05, 0) is 38.1 Å². The number of aromatic nitrogens is 2. The summed E-state index contributed by atoms with van der Waals surface area (Å²) in [4.78, 5) is 13.0. The molecule has 1 aromatic heterocycles. The van der Waals surface area contributed by atoms with E-state index in [2.05, 4.69) is 15.5 Å². The van der Waals surface area contributed by atoms with Crippen LogP contribution >= 0.6 is 11.8 Å². The van der Waals surface area contributed by atoms with Crippen molar-refractivity contribution in [3.05, 3.63) is 59.7 Å². The standard InChI is InChI=1S/C18H17N3O2S/c1-12-3-7-14(8-4-12)17-20-21-18(23-17)19-16(22)11-24-15-9-5-13(2)6-10-15/h3-10H,11H2,1-2H3,(H,19,21,22). The second-order valence-electron chi connectivity index (χ2n) is 5.43. The number of benzene rings is 2. The lowest BCUT2D eigenvalue weighted by molar-refractivity contribution is -0.113. The van der Waals surface area contributed by atoms with Gasteiger partial charge in [0.15, 0.2) is 0 Å². The Kier molecular flexibility index (Phi) is 4.96. The number of carbonyl (C=O) groups excluding carboxylic acids is 1. The summed E-state index contributed by atoms with van der Waals surface area (Å²) < 4.78 is 5.48. The lowest BCUT2D eigenvalue weighted by Crippen LogP contribution is -2.14. The molecule has 0 atom stereocenters. The molecule has 122 valence electrons. The van der Waals surface area contributed by atoms with Gasteiger partial charge >= 0.3 is 6.01 Å². The SMILES string of the molecule is Cc1ccc(SCC(=O)Nc2nnc(-c3ccc(C)cc3)o2)cc1. The first-order chi connectivity index (χ1) is 11.6. The molecule has 0 spiro atoms. The zero-order chi connectivity index (χ0) is 16.9. The van der Waals surface area contributed by atoms with E-state index in [1.54, 1.807) is 0 Å². The summed E-state index contributed by atoms with van der Waals surface area (Å²) in [6, 6.07) is 15.9. The van der Waals surface area contributed by atoms with Gasteiger partial charge in [-0.25, -0.2) is 0 Å². The number of nitrogens with zero attached hydrogens (tertiary/aromatic N) is 2. The summed E-state index contributed by atoms with van der Waals surface area (Å²) >= 11 is 1.46. The molecule has 1 heterocycles. The average molecular weight is 339 g/mol. The summed E-state index contributed by atoms with van der Waals surface area (Å²) in [6.07, 6.45) is 0. The molecule has 0 aliphatic rings. The summed E-state index contributed by atoms with van der Waals surface area (Å²) in [6.45, 7) is 4.04. The first-order valence-electron chi connectivity index (χ1n) is 7.50. The normalized spacial score (nSPS) is 10.6. The van der Waals surface area contributed by atoms with Gasteiger partial charge in [-0.1, -0.05) is 40.5 Å². The molecule has 3 aromatic rings. The van der Waals surface area contributed by atoms with Crippen LogP contribution < -0.4 is 5.32 Å². The maximum Gasteiger partial charge on any atom is 0.322 e. The molecule has 0 radical (unpaired) electrons. The van der Waals surface area contributed by atoms with Crippen LogP contribution in [0.2, 0.25) is 0 Å². The molecule has 0 aliphatic carbocycles. The van der Waals surface area contributed by atoms with Crippen molar-refractivity contribution >= 4 is 23.7 Å². The highest BCUT2D eigenvalue weighted by molar-refractivity contribution is 8.00. The molecule has 1 N–H and O–H groups in total. The number of thioether (sulfide) groups is 1. The van der Waals surface area contributed by atoms with Crippen LogP contribution in [-0.2, 0) is 4.79 Å². The first-order valence-corrected chi connectivity index (χ1v) is 8.48. The van der Waals surface area contributed by atoms with E-state index in [0.717, 1.165) is 16.0 Å². The zero-order valence-corrected chi connectivity index (χ0v) is 14.3. The molecule has 24 heavy (non-hydrogen) atoms. The van der Waals surface area contributed by atoms with E-state index >= 15 is 0 Å². The molecular formula is C18H17N3O2S. The van der Waals surface area contributed by atoms with Gasteiger partial charge in [0.1, 0.15) is 0 Å². The van der Waals surface area contributed by atoms with Gasteiger partial charge in [-0.3, -0.25) is 10.1 Å². The van der Waals surface area contributed by atoms with Crippen LogP contribution in [0.1, 0.15) is 11.1 Å². The maximum absolute atomic E-state index is 12.0.